The molecule has 1 atom stereocenters. The number of aryl methyl sites for hydroxylation is 1. The maximum Gasteiger partial charge on any atom is 0.317 e. The van der Waals surface area contributed by atoms with Crippen molar-refractivity contribution >= 4 is 29.0 Å². The normalized spacial score (nSPS) is 19.1. The van der Waals surface area contributed by atoms with E-state index in [1.165, 1.54) is 11.3 Å². The molecule has 0 saturated carbocycles. The minimum atomic E-state index is -0.0936. The van der Waals surface area contributed by atoms with E-state index in [0.717, 1.165) is 15.8 Å². The van der Waals surface area contributed by atoms with Crippen LogP contribution in [0, 0.1) is 6.92 Å². The zero-order valence-corrected chi connectivity index (χ0v) is 14.5. The van der Waals surface area contributed by atoms with E-state index in [1.807, 2.05) is 19.2 Å². The summed E-state index contributed by atoms with van der Waals surface area (Å²) < 4.78 is 5.98. The lowest BCUT2D eigenvalue weighted by Gasteiger charge is -2.37. The summed E-state index contributed by atoms with van der Waals surface area (Å²) in [5, 5.41) is 6.76. The highest BCUT2D eigenvalue weighted by Crippen LogP contribution is 2.23. The number of nitrogens with zero attached hydrogens (tertiary/aromatic N) is 4. The first kappa shape index (κ1) is 16.2. The van der Waals surface area contributed by atoms with Gasteiger partial charge in [-0.1, -0.05) is 16.8 Å². The lowest BCUT2D eigenvalue weighted by Crippen LogP contribution is -2.51. The fraction of sp³-hybridized carbons (Fsp3) is 0.500. The number of thiophene rings is 1. The first-order chi connectivity index (χ1) is 11.0. The van der Waals surface area contributed by atoms with Gasteiger partial charge in [0.25, 0.3) is 0 Å². The van der Waals surface area contributed by atoms with E-state index in [4.69, 9.17) is 16.1 Å². The molecule has 1 unspecified atom stereocenters. The molecule has 3 heterocycles. The molecule has 23 heavy (non-hydrogen) atoms. The quantitative estimate of drug-likeness (QED) is 0.914. The molecule has 0 bridgehead atoms. The van der Waals surface area contributed by atoms with E-state index in [9.17, 15) is 4.79 Å². The number of carbonyl (C=O) groups excluding carboxylic acids is 1. The van der Waals surface area contributed by atoms with E-state index in [1.54, 1.807) is 11.8 Å². The minimum Gasteiger partial charge on any atom is -0.338 e. The number of piperazine rings is 1. The van der Waals surface area contributed by atoms with Crippen LogP contribution in [0.3, 0.4) is 0 Å². The van der Waals surface area contributed by atoms with Crippen LogP contribution < -0.4 is 5.32 Å². The Morgan fingerprint density at radius 3 is 3.00 bits per heavy atom. The molecule has 1 N–H and O–H groups in total. The molecular weight excluding hydrogens is 338 g/mol. The van der Waals surface area contributed by atoms with Crippen molar-refractivity contribution in [3.63, 3.8) is 0 Å². The molecular formula is C14H18ClN5O2S. The van der Waals surface area contributed by atoms with Crippen molar-refractivity contribution in [2.75, 3.05) is 26.7 Å². The van der Waals surface area contributed by atoms with Gasteiger partial charge in [-0.3, -0.25) is 4.90 Å². The highest BCUT2D eigenvalue weighted by molar-refractivity contribution is 7.16. The van der Waals surface area contributed by atoms with Gasteiger partial charge in [0.2, 0.25) is 5.89 Å². The molecule has 124 valence electrons. The van der Waals surface area contributed by atoms with Gasteiger partial charge in [-0.15, -0.1) is 11.3 Å². The van der Waals surface area contributed by atoms with Gasteiger partial charge in [0.05, 0.1) is 10.9 Å². The van der Waals surface area contributed by atoms with Crippen molar-refractivity contribution in [2.24, 2.45) is 0 Å². The first-order valence-corrected chi connectivity index (χ1v) is 8.50. The van der Waals surface area contributed by atoms with Crippen molar-refractivity contribution in [1.29, 1.82) is 0 Å². The minimum absolute atomic E-state index is 0.0770. The lowest BCUT2D eigenvalue weighted by atomic mass is 10.2. The van der Waals surface area contributed by atoms with Gasteiger partial charge in [0.1, 0.15) is 6.04 Å². The molecule has 0 spiro atoms. The Labute approximate surface area is 143 Å². The zero-order chi connectivity index (χ0) is 16.4. The Kier molecular flexibility index (Phi) is 4.84. The van der Waals surface area contributed by atoms with Crippen molar-refractivity contribution in [1.82, 2.24) is 25.3 Å². The second kappa shape index (κ2) is 6.86. The first-order valence-electron chi connectivity index (χ1n) is 7.30. The second-order valence-electron chi connectivity index (χ2n) is 5.49. The predicted octanol–water partition coefficient (Wildman–Crippen LogP) is 2.29. The monoisotopic (exact) mass is 355 g/mol. The molecule has 0 aromatic carbocycles. The summed E-state index contributed by atoms with van der Waals surface area (Å²) in [6.07, 6.45) is 0. The van der Waals surface area contributed by atoms with Crippen molar-refractivity contribution in [3.05, 3.63) is 33.1 Å². The standard InChI is InChI=1S/C14H18ClN5O2S/c1-9-17-13(22-18-9)11-8-20(6-5-19(11)2)14(21)16-7-10-3-4-12(15)23-10/h3-4,11H,5-8H2,1-2H3,(H,16,21). The number of hydrogen-bond acceptors (Lipinski definition) is 6. The van der Waals surface area contributed by atoms with Crippen LogP contribution >= 0.6 is 22.9 Å². The molecule has 9 heteroatoms. The van der Waals surface area contributed by atoms with Gasteiger partial charge in [0, 0.05) is 24.5 Å². The van der Waals surface area contributed by atoms with E-state index < -0.39 is 0 Å². The molecule has 2 aromatic rings. The number of nitrogens with one attached hydrogen (secondary N) is 1. The molecule has 2 amide bonds. The molecule has 2 aromatic heterocycles. The topological polar surface area (TPSA) is 74.5 Å². The average molecular weight is 356 g/mol. The highest BCUT2D eigenvalue weighted by Gasteiger charge is 2.31. The van der Waals surface area contributed by atoms with Gasteiger partial charge in [-0.05, 0) is 26.1 Å². The number of rotatable bonds is 3. The molecule has 1 aliphatic rings. The van der Waals surface area contributed by atoms with Crippen LogP contribution in [-0.2, 0) is 6.54 Å². The Balaban J connectivity index is 1.60. The van der Waals surface area contributed by atoms with E-state index >= 15 is 0 Å². The predicted molar refractivity (Wildman–Crippen MR) is 87.5 cm³/mol. The summed E-state index contributed by atoms with van der Waals surface area (Å²) in [6.45, 7) is 4.20. The van der Waals surface area contributed by atoms with Crippen molar-refractivity contribution < 1.29 is 9.32 Å². The molecule has 1 fully saturated rings. The van der Waals surface area contributed by atoms with Crippen LogP contribution in [-0.4, -0.2) is 52.7 Å². The average Bonchev–Trinajstić information content (AvgIpc) is 3.14. The van der Waals surface area contributed by atoms with Crippen LogP contribution in [0.2, 0.25) is 4.34 Å². The smallest absolute Gasteiger partial charge is 0.317 e. The van der Waals surface area contributed by atoms with E-state index in [-0.39, 0.29) is 12.1 Å². The summed E-state index contributed by atoms with van der Waals surface area (Å²) in [6, 6.07) is 3.58. The number of likely N-dealkylation sites (N-methyl/N-ethyl adjacent to an activating group) is 1. The molecule has 0 radical (unpaired) electrons. The third kappa shape index (κ3) is 3.82. The molecule has 1 saturated heterocycles. The molecule has 7 nitrogen and oxygen atoms in total. The third-order valence-electron chi connectivity index (χ3n) is 3.81. The van der Waals surface area contributed by atoms with E-state index in [0.29, 0.717) is 31.3 Å². The Hall–Kier alpha value is -1.64. The molecule has 1 aliphatic heterocycles. The van der Waals surface area contributed by atoms with Gasteiger partial charge in [-0.2, -0.15) is 4.98 Å². The van der Waals surface area contributed by atoms with Gasteiger partial charge < -0.3 is 14.7 Å². The summed E-state index contributed by atoms with van der Waals surface area (Å²) in [7, 11) is 1.99. The van der Waals surface area contributed by atoms with Crippen LogP contribution in [0.15, 0.2) is 16.7 Å². The Morgan fingerprint density at radius 2 is 2.35 bits per heavy atom. The fourth-order valence-corrected chi connectivity index (χ4v) is 3.52. The Bertz CT molecular complexity index is 688. The second-order valence-corrected chi connectivity index (χ2v) is 7.29. The van der Waals surface area contributed by atoms with Crippen LogP contribution in [0.5, 0.6) is 0 Å². The highest BCUT2D eigenvalue weighted by atomic mass is 35.5. The Morgan fingerprint density at radius 1 is 1.52 bits per heavy atom. The third-order valence-corrected chi connectivity index (χ3v) is 5.04. The number of halogens is 1. The van der Waals surface area contributed by atoms with Crippen molar-refractivity contribution in [3.8, 4) is 0 Å². The maximum atomic E-state index is 12.4. The summed E-state index contributed by atoms with van der Waals surface area (Å²) in [4.78, 5) is 21.6. The van der Waals surface area contributed by atoms with E-state index in [2.05, 4.69) is 20.4 Å². The van der Waals surface area contributed by atoms with Crippen LogP contribution in [0.25, 0.3) is 0 Å². The summed E-state index contributed by atoms with van der Waals surface area (Å²) >= 11 is 7.36. The summed E-state index contributed by atoms with van der Waals surface area (Å²) in [5.74, 6) is 1.15. The number of urea groups is 1. The number of aromatic nitrogens is 2. The van der Waals surface area contributed by atoms with Crippen LogP contribution in [0.4, 0.5) is 4.79 Å². The van der Waals surface area contributed by atoms with Crippen molar-refractivity contribution in [2.45, 2.75) is 19.5 Å². The zero-order valence-electron chi connectivity index (χ0n) is 13.0. The number of amides is 2. The summed E-state index contributed by atoms with van der Waals surface area (Å²) in [5.41, 5.74) is 0. The van der Waals surface area contributed by atoms with Gasteiger partial charge in [-0.25, -0.2) is 4.79 Å². The molecule has 0 aliphatic carbocycles. The fourth-order valence-electron chi connectivity index (χ4n) is 2.49. The maximum absolute atomic E-state index is 12.4. The SMILES string of the molecule is Cc1noc(C2CN(C(=O)NCc3ccc(Cl)s3)CCN2C)n1. The lowest BCUT2D eigenvalue weighted by molar-refractivity contribution is 0.0910. The molecule has 3 rings (SSSR count). The number of hydrogen-bond donors (Lipinski definition) is 1. The van der Waals surface area contributed by atoms with Gasteiger partial charge in [0.15, 0.2) is 5.82 Å². The largest absolute Gasteiger partial charge is 0.338 e. The van der Waals surface area contributed by atoms with Crippen LogP contribution in [0.1, 0.15) is 22.6 Å². The van der Waals surface area contributed by atoms with Gasteiger partial charge >= 0.3 is 6.03 Å². The number of carbonyl (C=O) groups is 1.